The zero-order valence-corrected chi connectivity index (χ0v) is 15.2. The van der Waals surface area contributed by atoms with Crippen molar-refractivity contribution in [3.8, 4) is 0 Å². The van der Waals surface area contributed by atoms with Crippen molar-refractivity contribution < 1.29 is 9.59 Å². The monoisotopic (exact) mass is 392 g/mol. The third-order valence-corrected chi connectivity index (χ3v) is 5.58. The summed E-state index contributed by atoms with van der Waals surface area (Å²) in [5.74, 6) is -0.360. The molecule has 3 rings (SSSR count). The number of fused-ring (bicyclic) bond motifs is 1. The summed E-state index contributed by atoms with van der Waals surface area (Å²) >= 11 is 5.18. The van der Waals surface area contributed by atoms with Crippen LogP contribution < -0.4 is 0 Å². The van der Waals surface area contributed by atoms with Gasteiger partial charge in [0.05, 0.1) is 14.9 Å². The number of likely N-dealkylation sites (N-methyl/N-ethyl adjacent to an activating group) is 1. The Bertz CT molecular complexity index is 709. The van der Waals surface area contributed by atoms with Crippen molar-refractivity contribution in [2.24, 2.45) is 0 Å². The lowest BCUT2D eigenvalue weighted by molar-refractivity contribution is 0.0636. The Morgan fingerprint density at radius 3 is 2.26 bits per heavy atom. The quantitative estimate of drug-likeness (QED) is 0.704. The summed E-state index contributed by atoms with van der Waals surface area (Å²) in [7, 11) is 0. The SMILES string of the molecule is CCN(CCN1C(=O)c2ccccc2C1=O)Cc1ccc(Br)s1. The number of rotatable bonds is 6. The van der Waals surface area contributed by atoms with Gasteiger partial charge in [-0.2, -0.15) is 0 Å². The molecule has 4 nitrogen and oxygen atoms in total. The van der Waals surface area contributed by atoms with Crippen LogP contribution in [0.5, 0.6) is 0 Å². The van der Waals surface area contributed by atoms with E-state index in [1.54, 1.807) is 35.6 Å². The minimum atomic E-state index is -0.180. The number of carbonyl (C=O) groups is 2. The van der Waals surface area contributed by atoms with Crippen molar-refractivity contribution in [1.29, 1.82) is 0 Å². The Hall–Kier alpha value is -1.50. The van der Waals surface area contributed by atoms with Crippen LogP contribution in [0.25, 0.3) is 0 Å². The molecule has 23 heavy (non-hydrogen) atoms. The highest BCUT2D eigenvalue weighted by atomic mass is 79.9. The Kier molecular flexibility index (Phi) is 4.94. The summed E-state index contributed by atoms with van der Waals surface area (Å²) in [4.78, 5) is 29.6. The molecule has 0 spiro atoms. The lowest BCUT2D eigenvalue weighted by atomic mass is 10.1. The van der Waals surface area contributed by atoms with Gasteiger partial charge in [-0.1, -0.05) is 19.1 Å². The van der Waals surface area contributed by atoms with Crippen molar-refractivity contribution in [3.05, 3.63) is 56.2 Å². The Balaban J connectivity index is 1.63. The molecule has 0 saturated heterocycles. The molecule has 2 aromatic rings. The van der Waals surface area contributed by atoms with E-state index in [1.807, 2.05) is 6.07 Å². The molecule has 1 aromatic heterocycles. The van der Waals surface area contributed by atoms with E-state index < -0.39 is 0 Å². The van der Waals surface area contributed by atoms with Crippen LogP contribution in [0.3, 0.4) is 0 Å². The standard InChI is InChI=1S/C17H17BrN2O2S/c1-2-19(11-12-7-8-15(18)23-12)9-10-20-16(21)13-5-3-4-6-14(13)17(20)22/h3-8H,2,9-11H2,1H3. The molecule has 0 saturated carbocycles. The minimum absolute atomic E-state index is 0.180. The predicted molar refractivity (Wildman–Crippen MR) is 94.8 cm³/mol. The number of benzene rings is 1. The summed E-state index contributed by atoms with van der Waals surface area (Å²) in [6.07, 6.45) is 0. The summed E-state index contributed by atoms with van der Waals surface area (Å²) in [6.45, 7) is 4.89. The van der Waals surface area contributed by atoms with E-state index in [2.05, 4.69) is 33.8 Å². The van der Waals surface area contributed by atoms with Crippen LogP contribution in [0, 0.1) is 0 Å². The molecule has 120 valence electrons. The van der Waals surface area contributed by atoms with Gasteiger partial charge in [0.1, 0.15) is 0 Å². The van der Waals surface area contributed by atoms with Crippen molar-refractivity contribution >= 4 is 39.1 Å². The van der Waals surface area contributed by atoms with E-state index in [0.717, 1.165) is 16.9 Å². The highest BCUT2D eigenvalue weighted by molar-refractivity contribution is 9.11. The summed E-state index contributed by atoms with van der Waals surface area (Å²) in [5.41, 5.74) is 1.03. The van der Waals surface area contributed by atoms with Gasteiger partial charge in [-0.3, -0.25) is 19.4 Å². The number of imide groups is 1. The van der Waals surface area contributed by atoms with Gasteiger partial charge in [0.2, 0.25) is 0 Å². The molecular formula is C17H17BrN2O2S. The molecule has 0 unspecified atom stereocenters. The molecule has 0 radical (unpaired) electrons. The molecule has 0 atom stereocenters. The number of hydrogen-bond donors (Lipinski definition) is 0. The number of hydrogen-bond acceptors (Lipinski definition) is 4. The van der Waals surface area contributed by atoms with Crippen LogP contribution in [0.2, 0.25) is 0 Å². The summed E-state index contributed by atoms with van der Waals surface area (Å²) in [6, 6.07) is 11.2. The van der Waals surface area contributed by atoms with E-state index in [-0.39, 0.29) is 11.8 Å². The number of nitrogens with zero attached hydrogens (tertiary/aromatic N) is 2. The first-order valence-electron chi connectivity index (χ1n) is 7.52. The molecule has 1 aliphatic heterocycles. The van der Waals surface area contributed by atoms with Crippen LogP contribution in [-0.4, -0.2) is 41.2 Å². The summed E-state index contributed by atoms with van der Waals surface area (Å²) in [5, 5.41) is 0. The van der Waals surface area contributed by atoms with Gasteiger partial charge in [-0.05, 0) is 46.7 Å². The third kappa shape index (κ3) is 3.39. The van der Waals surface area contributed by atoms with E-state index >= 15 is 0 Å². The van der Waals surface area contributed by atoms with Crippen LogP contribution in [0.15, 0.2) is 40.2 Å². The Labute approximate surface area is 147 Å². The predicted octanol–water partition coefficient (Wildman–Crippen LogP) is 3.63. The molecule has 6 heteroatoms. The smallest absolute Gasteiger partial charge is 0.261 e. The molecule has 0 fully saturated rings. The molecule has 2 amide bonds. The van der Waals surface area contributed by atoms with Gasteiger partial charge in [0, 0.05) is 24.5 Å². The molecule has 0 aliphatic carbocycles. The number of carbonyl (C=O) groups excluding carboxylic acids is 2. The van der Waals surface area contributed by atoms with Crippen LogP contribution >= 0.6 is 27.3 Å². The molecule has 0 bridgehead atoms. The fourth-order valence-corrected chi connectivity index (χ4v) is 4.22. The molecule has 2 heterocycles. The third-order valence-electron chi connectivity index (χ3n) is 3.97. The molecular weight excluding hydrogens is 376 g/mol. The Morgan fingerprint density at radius 2 is 1.74 bits per heavy atom. The fraction of sp³-hybridized carbons (Fsp3) is 0.294. The minimum Gasteiger partial charge on any atom is -0.297 e. The maximum absolute atomic E-state index is 12.4. The zero-order chi connectivity index (χ0) is 16.4. The average molecular weight is 393 g/mol. The lowest BCUT2D eigenvalue weighted by Crippen LogP contribution is -2.38. The molecule has 1 aromatic carbocycles. The zero-order valence-electron chi connectivity index (χ0n) is 12.8. The van der Waals surface area contributed by atoms with Gasteiger partial charge in [-0.15, -0.1) is 11.3 Å². The van der Waals surface area contributed by atoms with E-state index in [4.69, 9.17) is 0 Å². The highest BCUT2D eigenvalue weighted by Gasteiger charge is 2.34. The number of amides is 2. The van der Waals surface area contributed by atoms with Crippen molar-refractivity contribution in [1.82, 2.24) is 9.80 Å². The number of halogens is 1. The molecule has 1 aliphatic rings. The van der Waals surface area contributed by atoms with Crippen LogP contribution in [-0.2, 0) is 6.54 Å². The second kappa shape index (κ2) is 6.95. The van der Waals surface area contributed by atoms with Gasteiger partial charge in [-0.25, -0.2) is 0 Å². The van der Waals surface area contributed by atoms with Crippen LogP contribution in [0.1, 0.15) is 32.5 Å². The van der Waals surface area contributed by atoms with Crippen molar-refractivity contribution in [2.75, 3.05) is 19.6 Å². The second-order valence-corrected chi connectivity index (χ2v) is 7.93. The maximum atomic E-state index is 12.4. The van der Waals surface area contributed by atoms with Crippen LogP contribution in [0.4, 0.5) is 0 Å². The van der Waals surface area contributed by atoms with Crippen molar-refractivity contribution in [2.45, 2.75) is 13.5 Å². The average Bonchev–Trinajstić information content (AvgIpc) is 3.07. The van der Waals surface area contributed by atoms with E-state index in [1.165, 1.54) is 9.78 Å². The number of thiophene rings is 1. The van der Waals surface area contributed by atoms with Gasteiger partial charge < -0.3 is 0 Å². The lowest BCUT2D eigenvalue weighted by Gasteiger charge is -2.22. The first-order valence-corrected chi connectivity index (χ1v) is 9.13. The summed E-state index contributed by atoms with van der Waals surface area (Å²) < 4.78 is 1.11. The van der Waals surface area contributed by atoms with E-state index in [0.29, 0.717) is 24.2 Å². The molecule has 0 N–H and O–H groups in total. The normalized spacial score (nSPS) is 14.0. The Morgan fingerprint density at radius 1 is 1.09 bits per heavy atom. The first-order chi connectivity index (χ1) is 11.1. The highest BCUT2D eigenvalue weighted by Crippen LogP contribution is 2.24. The van der Waals surface area contributed by atoms with Gasteiger partial charge in [0.15, 0.2) is 0 Å². The van der Waals surface area contributed by atoms with Gasteiger partial charge in [0.25, 0.3) is 11.8 Å². The second-order valence-electron chi connectivity index (χ2n) is 5.38. The van der Waals surface area contributed by atoms with E-state index in [9.17, 15) is 9.59 Å². The topological polar surface area (TPSA) is 40.6 Å². The maximum Gasteiger partial charge on any atom is 0.261 e. The fourth-order valence-electron chi connectivity index (χ4n) is 2.69. The van der Waals surface area contributed by atoms with Crippen molar-refractivity contribution in [3.63, 3.8) is 0 Å². The van der Waals surface area contributed by atoms with Gasteiger partial charge >= 0.3 is 0 Å². The first kappa shape index (κ1) is 16.4. The largest absolute Gasteiger partial charge is 0.297 e.